The molecule has 0 spiro atoms. The van der Waals surface area contributed by atoms with Gasteiger partial charge in [-0.25, -0.2) is 12.8 Å². The summed E-state index contributed by atoms with van der Waals surface area (Å²) in [6, 6.07) is 8.07. The Morgan fingerprint density at radius 2 is 2.00 bits per heavy atom. The molecule has 0 amide bonds. The van der Waals surface area contributed by atoms with E-state index in [0.29, 0.717) is 0 Å². The molecule has 2 unspecified atom stereocenters. The Morgan fingerprint density at radius 3 is 2.62 bits per heavy atom. The monoisotopic (exact) mass is 399 g/mol. The van der Waals surface area contributed by atoms with E-state index in [-0.39, 0.29) is 22.9 Å². The number of thiophene rings is 1. The van der Waals surface area contributed by atoms with Crippen LogP contribution in [0.5, 0.6) is 5.75 Å². The minimum Gasteiger partial charge on any atom is -0.486 e. The molecular weight excluding hydrogens is 381 g/mol. The number of methoxy groups -OCH3 is 1. The van der Waals surface area contributed by atoms with Crippen molar-refractivity contribution in [3.63, 3.8) is 0 Å². The molecule has 2 atom stereocenters. The first-order valence-electron chi connectivity index (χ1n) is 7.90. The molecule has 0 N–H and O–H groups in total. The maximum absolute atomic E-state index is 13.8. The van der Waals surface area contributed by atoms with Gasteiger partial charge in [-0.15, -0.1) is 11.3 Å². The summed E-state index contributed by atoms with van der Waals surface area (Å²) in [5.41, 5.74) is 0. The third-order valence-electron chi connectivity index (χ3n) is 4.10. The van der Waals surface area contributed by atoms with Gasteiger partial charge in [0.15, 0.2) is 11.6 Å². The van der Waals surface area contributed by atoms with Gasteiger partial charge in [0.25, 0.3) is 10.0 Å². The first-order chi connectivity index (χ1) is 12.3. The number of carbonyl (C=O) groups excluding carboxylic acids is 1. The third kappa shape index (κ3) is 3.60. The van der Waals surface area contributed by atoms with E-state index < -0.39 is 34.0 Å². The number of para-hydroxylation sites is 1. The summed E-state index contributed by atoms with van der Waals surface area (Å²) in [7, 11) is -2.68. The van der Waals surface area contributed by atoms with Crippen LogP contribution in [0.2, 0.25) is 0 Å². The van der Waals surface area contributed by atoms with Crippen molar-refractivity contribution in [2.24, 2.45) is 0 Å². The van der Waals surface area contributed by atoms with E-state index in [9.17, 15) is 17.6 Å². The lowest BCUT2D eigenvalue weighted by molar-refractivity contribution is -0.144. The zero-order valence-corrected chi connectivity index (χ0v) is 15.8. The van der Waals surface area contributed by atoms with Crippen molar-refractivity contribution < 1.29 is 27.1 Å². The largest absolute Gasteiger partial charge is 0.486 e. The summed E-state index contributed by atoms with van der Waals surface area (Å²) in [6.07, 6.45) is -0.572. The maximum atomic E-state index is 13.8. The van der Waals surface area contributed by atoms with E-state index in [4.69, 9.17) is 9.47 Å². The number of hydrogen-bond donors (Lipinski definition) is 0. The number of sulfonamides is 1. The number of benzene rings is 1. The second-order valence-electron chi connectivity index (χ2n) is 5.88. The lowest BCUT2D eigenvalue weighted by Crippen LogP contribution is -2.40. The lowest BCUT2D eigenvalue weighted by atomic mass is 10.2. The molecule has 0 aliphatic carbocycles. The van der Waals surface area contributed by atoms with Crippen LogP contribution in [0.15, 0.2) is 40.6 Å². The van der Waals surface area contributed by atoms with Crippen LogP contribution in [0.25, 0.3) is 0 Å². The van der Waals surface area contributed by atoms with Crippen LogP contribution in [0, 0.1) is 12.7 Å². The van der Waals surface area contributed by atoms with Gasteiger partial charge in [-0.05, 0) is 31.2 Å². The van der Waals surface area contributed by atoms with E-state index in [2.05, 4.69) is 0 Å². The molecule has 2 aromatic rings. The molecule has 26 heavy (non-hydrogen) atoms. The highest BCUT2D eigenvalue weighted by Gasteiger charge is 2.46. The fourth-order valence-electron chi connectivity index (χ4n) is 2.86. The van der Waals surface area contributed by atoms with Crippen LogP contribution in [0.3, 0.4) is 0 Å². The van der Waals surface area contributed by atoms with Crippen LogP contribution in [-0.2, 0) is 19.6 Å². The second-order valence-corrected chi connectivity index (χ2v) is 9.29. The Bertz CT molecular complexity index is 911. The SMILES string of the molecule is COC(=O)C1CC(Oc2ccccc2F)CN1S(=O)(=O)c1ccc(C)s1. The summed E-state index contributed by atoms with van der Waals surface area (Å²) in [5, 5.41) is 0. The second kappa shape index (κ2) is 7.34. The quantitative estimate of drug-likeness (QED) is 0.723. The molecule has 0 bridgehead atoms. The molecule has 1 aliphatic heterocycles. The zero-order valence-electron chi connectivity index (χ0n) is 14.2. The van der Waals surface area contributed by atoms with Crippen molar-refractivity contribution in [1.82, 2.24) is 4.31 Å². The molecule has 6 nitrogen and oxygen atoms in total. The van der Waals surface area contributed by atoms with E-state index in [1.807, 2.05) is 0 Å². The van der Waals surface area contributed by atoms with Gasteiger partial charge >= 0.3 is 5.97 Å². The topological polar surface area (TPSA) is 72.9 Å². The van der Waals surface area contributed by atoms with Gasteiger partial charge < -0.3 is 9.47 Å². The normalized spacial score (nSPS) is 20.9. The predicted octanol–water partition coefficient (Wildman–Crippen LogP) is 2.58. The average molecular weight is 399 g/mol. The molecule has 1 aliphatic rings. The summed E-state index contributed by atoms with van der Waals surface area (Å²) in [6.45, 7) is 1.74. The van der Waals surface area contributed by atoms with Crippen LogP contribution in [0.1, 0.15) is 11.3 Å². The predicted molar refractivity (Wildman–Crippen MR) is 94.2 cm³/mol. The van der Waals surface area contributed by atoms with Crippen LogP contribution >= 0.6 is 11.3 Å². The summed E-state index contributed by atoms with van der Waals surface area (Å²) < 4.78 is 51.3. The zero-order chi connectivity index (χ0) is 18.9. The third-order valence-corrected chi connectivity index (χ3v) is 7.44. The highest BCUT2D eigenvalue weighted by atomic mass is 32.2. The van der Waals surface area contributed by atoms with Crippen molar-refractivity contribution in [1.29, 1.82) is 0 Å². The van der Waals surface area contributed by atoms with Crippen LogP contribution in [-0.4, -0.2) is 44.5 Å². The highest BCUT2D eigenvalue weighted by molar-refractivity contribution is 7.91. The highest BCUT2D eigenvalue weighted by Crippen LogP contribution is 2.32. The molecule has 1 aromatic carbocycles. The van der Waals surface area contributed by atoms with Gasteiger partial charge in [0, 0.05) is 11.3 Å². The average Bonchev–Trinajstić information content (AvgIpc) is 3.23. The summed E-state index contributed by atoms with van der Waals surface area (Å²) in [4.78, 5) is 13.0. The van der Waals surface area contributed by atoms with Gasteiger partial charge in [-0.3, -0.25) is 4.79 Å². The van der Waals surface area contributed by atoms with E-state index in [1.54, 1.807) is 19.1 Å². The molecule has 9 heteroatoms. The van der Waals surface area contributed by atoms with Crippen molar-refractivity contribution in [3.8, 4) is 5.75 Å². The Morgan fingerprint density at radius 1 is 1.27 bits per heavy atom. The number of esters is 1. The van der Waals surface area contributed by atoms with Crippen molar-refractivity contribution >= 4 is 27.3 Å². The molecular formula is C17H18FNO5S2. The van der Waals surface area contributed by atoms with E-state index >= 15 is 0 Å². The number of nitrogens with zero attached hydrogens (tertiary/aromatic N) is 1. The van der Waals surface area contributed by atoms with E-state index in [1.165, 1.54) is 31.4 Å². The number of aryl methyl sites for hydroxylation is 1. The summed E-state index contributed by atoms with van der Waals surface area (Å²) >= 11 is 1.13. The fraction of sp³-hybridized carbons (Fsp3) is 0.353. The van der Waals surface area contributed by atoms with Gasteiger partial charge in [-0.2, -0.15) is 4.31 Å². The molecule has 0 radical (unpaired) electrons. The standard InChI is InChI=1S/C17H18FNO5S2/c1-11-7-8-16(25-11)26(21,22)19-10-12(9-14(19)17(20)23-2)24-15-6-4-3-5-13(15)18/h3-8,12,14H,9-10H2,1-2H3. The minimum atomic E-state index is -3.88. The first kappa shape index (κ1) is 18.8. The van der Waals surface area contributed by atoms with Gasteiger partial charge in [0.05, 0.1) is 13.7 Å². The van der Waals surface area contributed by atoms with Crippen LogP contribution in [0.4, 0.5) is 4.39 Å². The number of ether oxygens (including phenoxy) is 2. The van der Waals surface area contributed by atoms with Gasteiger partial charge in [-0.1, -0.05) is 12.1 Å². The molecule has 3 rings (SSSR count). The Balaban J connectivity index is 1.88. The van der Waals surface area contributed by atoms with Crippen molar-refractivity contribution in [2.45, 2.75) is 29.7 Å². The smallest absolute Gasteiger partial charge is 0.324 e. The maximum Gasteiger partial charge on any atom is 0.324 e. The Kier molecular flexibility index (Phi) is 5.31. The van der Waals surface area contributed by atoms with Crippen molar-refractivity contribution in [2.75, 3.05) is 13.7 Å². The summed E-state index contributed by atoms with van der Waals surface area (Å²) in [5.74, 6) is -1.19. The van der Waals surface area contributed by atoms with Crippen molar-refractivity contribution in [3.05, 3.63) is 47.1 Å². The minimum absolute atomic E-state index is 0.0207. The van der Waals surface area contributed by atoms with Gasteiger partial charge in [0.1, 0.15) is 16.4 Å². The molecule has 1 saturated heterocycles. The van der Waals surface area contributed by atoms with E-state index in [0.717, 1.165) is 20.5 Å². The number of hydrogen-bond acceptors (Lipinski definition) is 6. The molecule has 1 fully saturated rings. The van der Waals surface area contributed by atoms with Crippen LogP contribution < -0.4 is 4.74 Å². The Labute approximate surface area is 155 Å². The number of halogens is 1. The molecule has 0 saturated carbocycles. The molecule has 2 heterocycles. The Hall–Kier alpha value is -1.97. The number of rotatable bonds is 5. The number of carbonyl (C=O) groups is 1. The first-order valence-corrected chi connectivity index (χ1v) is 10.2. The molecule has 140 valence electrons. The van der Waals surface area contributed by atoms with Gasteiger partial charge in [0.2, 0.25) is 0 Å². The lowest BCUT2D eigenvalue weighted by Gasteiger charge is -2.20. The fourth-order valence-corrected chi connectivity index (χ4v) is 5.89. The molecule has 1 aromatic heterocycles.